The molecule has 1 aliphatic rings. The average molecular weight is 476 g/mol. The molecule has 0 fully saturated rings. The van der Waals surface area contributed by atoms with Crippen LogP contribution in [0.25, 0.3) is 60.8 Å². The molecule has 37 heavy (non-hydrogen) atoms. The van der Waals surface area contributed by atoms with Crippen LogP contribution in [0.3, 0.4) is 0 Å². The van der Waals surface area contributed by atoms with E-state index in [1.807, 2.05) is 18.5 Å². The molecule has 8 rings (SSSR count). The van der Waals surface area contributed by atoms with Gasteiger partial charge in [-0.15, -0.1) is 0 Å². The zero-order chi connectivity index (χ0) is 24.7. The lowest BCUT2D eigenvalue weighted by Crippen LogP contribution is -2.14. The van der Waals surface area contributed by atoms with Gasteiger partial charge in [-0.2, -0.15) is 0 Å². The van der Waals surface area contributed by atoms with Crippen molar-refractivity contribution in [2.24, 2.45) is 0 Å². The summed E-state index contributed by atoms with van der Waals surface area (Å²) in [7, 11) is 0. The topological polar surface area (TPSA) is 33.6 Å². The van der Waals surface area contributed by atoms with Gasteiger partial charge in [0, 0.05) is 56.3 Å². The molecule has 0 atom stereocenters. The number of aromatic nitrogens is 3. The van der Waals surface area contributed by atoms with Gasteiger partial charge in [-0.1, -0.05) is 74.5 Å². The van der Waals surface area contributed by atoms with Crippen molar-refractivity contribution >= 4 is 32.7 Å². The summed E-state index contributed by atoms with van der Waals surface area (Å²) < 4.78 is 2.46. The lowest BCUT2D eigenvalue weighted by atomic mass is 9.81. The number of para-hydroxylation sites is 1. The second-order valence-electron chi connectivity index (χ2n) is 10.6. The fourth-order valence-electron chi connectivity index (χ4n) is 6.54. The highest BCUT2D eigenvalue weighted by atomic mass is 15.0. The molecule has 0 saturated heterocycles. The number of hydrogen-bond donors (Lipinski definition) is 1. The second-order valence-corrected chi connectivity index (χ2v) is 10.6. The molecule has 0 unspecified atom stereocenters. The molecule has 3 heterocycles. The van der Waals surface area contributed by atoms with E-state index in [4.69, 9.17) is 0 Å². The van der Waals surface area contributed by atoms with E-state index in [1.165, 1.54) is 60.8 Å². The lowest BCUT2D eigenvalue weighted by Gasteiger charge is -2.21. The predicted octanol–water partition coefficient (Wildman–Crippen LogP) is 8.63. The first-order valence-electron chi connectivity index (χ1n) is 12.8. The van der Waals surface area contributed by atoms with Crippen LogP contribution in [0.5, 0.6) is 0 Å². The van der Waals surface area contributed by atoms with Gasteiger partial charge in [-0.25, -0.2) is 0 Å². The molecule has 1 aliphatic carbocycles. The van der Waals surface area contributed by atoms with Crippen LogP contribution in [0.2, 0.25) is 0 Å². The monoisotopic (exact) mass is 475 g/mol. The Morgan fingerprint density at radius 2 is 1.59 bits per heavy atom. The van der Waals surface area contributed by atoms with Crippen LogP contribution in [0.15, 0.2) is 109 Å². The number of pyridine rings is 1. The maximum absolute atomic E-state index is 4.33. The summed E-state index contributed by atoms with van der Waals surface area (Å²) in [4.78, 5) is 8.16. The number of rotatable bonds is 2. The molecule has 4 aromatic carbocycles. The van der Waals surface area contributed by atoms with E-state index in [9.17, 15) is 0 Å². The van der Waals surface area contributed by atoms with Crippen molar-refractivity contribution in [2.75, 3.05) is 0 Å². The van der Waals surface area contributed by atoms with E-state index in [0.29, 0.717) is 0 Å². The van der Waals surface area contributed by atoms with Crippen molar-refractivity contribution in [3.05, 3.63) is 121 Å². The highest BCUT2D eigenvalue weighted by Gasteiger charge is 2.41. The second kappa shape index (κ2) is 7.21. The Kier molecular flexibility index (Phi) is 4.00. The predicted molar refractivity (Wildman–Crippen MR) is 153 cm³/mol. The summed E-state index contributed by atoms with van der Waals surface area (Å²) in [5, 5.41) is 3.82. The Hall–Kier alpha value is -4.63. The van der Waals surface area contributed by atoms with Gasteiger partial charge in [0.1, 0.15) is 0 Å². The fraction of sp³-hybridized carbons (Fsp3) is 0.0882. The van der Waals surface area contributed by atoms with E-state index in [-0.39, 0.29) is 5.41 Å². The SMILES string of the molecule is CC1(C)c2ccccc2-c2c1c1c3[nH]c4ccc(-c5cccnc5)cc4c3ccc1n2-c1ccccc1. The third kappa shape index (κ3) is 2.69. The molecule has 0 radical (unpaired) electrons. The molecule has 0 bridgehead atoms. The number of nitrogens with zero attached hydrogens (tertiary/aromatic N) is 2. The van der Waals surface area contributed by atoms with Crippen LogP contribution in [0, 0.1) is 0 Å². The van der Waals surface area contributed by atoms with Crippen molar-refractivity contribution in [1.29, 1.82) is 0 Å². The van der Waals surface area contributed by atoms with Crippen molar-refractivity contribution in [3.8, 4) is 28.1 Å². The van der Waals surface area contributed by atoms with E-state index >= 15 is 0 Å². The summed E-state index contributed by atoms with van der Waals surface area (Å²) in [6.45, 7) is 4.74. The minimum Gasteiger partial charge on any atom is -0.354 e. The minimum absolute atomic E-state index is 0.114. The van der Waals surface area contributed by atoms with Gasteiger partial charge in [-0.05, 0) is 53.1 Å². The number of benzene rings is 4. The minimum atomic E-state index is -0.114. The van der Waals surface area contributed by atoms with Crippen molar-refractivity contribution in [1.82, 2.24) is 14.5 Å². The van der Waals surface area contributed by atoms with Gasteiger partial charge in [0.2, 0.25) is 0 Å². The Morgan fingerprint density at radius 1 is 0.757 bits per heavy atom. The molecular weight excluding hydrogens is 450 g/mol. The van der Waals surface area contributed by atoms with Crippen LogP contribution in [-0.2, 0) is 5.41 Å². The van der Waals surface area contributed by atoms with Crippen molar-refractivity contribution in [2.45, 2.75) is 19.3 Å². The van der Waals surface area contributed by atoms with Gasteiger partial charge in [0.05, 0.1) is 16.7 Å². The highest BCUT2D eigenvalue weighted by Crippen LogP contribution is 2.55. The molecule has 1 N–H and O–H groups in total. The third-order valence-electron chi connectivity index (χ3n) is 8.19. The normalized spacial score (nSPS) is 13.9. The Balaban J connectivity index is 1.52. The molecule has 3 aromatic heterocycles. The van der Waals surface area contributed by atoms with Crippen LogP contribution in [0.1, 0.15) is 25.0 Å². The van der Waals surface area contributed by atoms with Crippen molar-refractivity contribution < 1.29 is 0 Å². The zero-order valence-corrected chi connectivity index (χ0v) is 20.8. The van der Waals surface area contributed by atoms with Crippen molar-refractivity contribution in [3.63, 3.8) is 0 Å². The van der Waals surface area contributed by atoms with Gasteiger partial charge in [0.15, 0.2) is 0 Å². The third-order valence-corrected chi connectivity index (χ3v) is 8.19. The number of aromatic amines is 1. The first-order chi connectivity index (χ1) is 18.1. The van der Waals surface area contributed by atoms with Crippen LogP contribution >= 0.6 is 0 Å². The maximum Gasteiger partial charge on any atom is 0.0585 e. The Labute approximate surface area is 215 Å². The first kappa shape index (κ1) is 20.6. The zero-order valence-electron chi connectivity index (χ0n) is 20.8. The molecular formula is C34H25N3. The van der Waals surface area contributed by atoms with Gasteiger partial charge in [0.25, 0.3) is 0 Å². The summed E-state index contributed by atoms with van der Waals surface area (Å²) in [6.07, 6.45) is 3.75. The van der Waals surface area contributed by atoms with Gasteiger partial charge >= 0.3 is 0 Å². The molecule has 176 valence electrons. The Morgan fingerprint density at radius 3 is 2.43 bits per heavy atom. The number of nitrogens with one attached hydrogen (secondary N) is 1. The van der Waals surface area contributed by atoms with Gasteiger partial charge < -0.3 is 9.55 Å². The lowest BCUT2D eigenvalue weighted by molar-refractivity contribution is 0.666. The van der Waals surface area contributed by atoms with Crippen LogP contribution in [0.4, 0.5) is 0 Å². The summed E-state index contributed by atoms with van der Waals surface area (Å²) in [5.74, 6) is 0. The Bertz CT molecular complexity index is 1990. The fourth-order valence-corrected chi connectivity index (χ4v) is 6.54. The smallest absolute Gasteiger partial charge is 0.0585 e. The highest BCUT2D eigenvalue weighted by molar-refractivity contribution is 6.20. The number of hydrogen-bond acceptors (Lipinski definition) is 1. The quantitative estimate of drug-likeness (QED) is 0.267. The van der Waals surface area contributed by atoms with E-state index in [0.717, 1.165) is 11.1 Å². The van der Waals surface area contributed by atoms with E-state index in [1.54, 1.807) is 0 Å². The molecule has 0 aliphatic heterocycles. The number of H-pyrrole nitrogens is 1. The van der Waals surface area contributed by atoms with Crippen LogP contribution < -0.4 is 0 Å². The van der Waals surface area contributed by atoms with E-state index < -0.39 is 0 Å². The molecule has 0 spiro atoms. The molecule has 3 nitrogen and oxygen atoms in total. The average Bonchev–Trinajstić information content (AvgIpc) is 3.56. The first-order valence-corrected chi connectivity index (χ1v) is 12.8. The van der Waals surface area contributed by atoms with E-state index in [2.05, 4.69) is 119 Å². The van der Waals surface area contributed by atoms with Crippen LogP contribution in [-0.4, -0.2) is 14.5 Å². The molecule has 3 heteroatoms. The van der Waals surface area contributed by atoms with Gasteiger partial charge in [-0.3, -0.25) is 4.98 Å². The number of fused-ring (bicyclic) bond motifs is 9. The largest absolute Gasteiger partial charge is 0.354 e. The summed E-state index contributed by atoms with van der Waals surface area (Å²) >= 11 is 0. The standard InChI is InChI=1S/C34H25N3/c1-34(2)27-13-7-6-12-25(27)33-31(34)30-29(37(33)23-10-4-3-5-11-23)17-15-24-26-19-21(22-9-8-18-35-20-22)14-16-28(26)36-32(24)30/h3-20,36H,1-2H3. The molecule has 0 amide bonds. The maximum atomic E-state index is 4.33. The summed E-state index contributed by atoms with van der Waals surface area (Å²) in [6, 6.07) is 35.1. The summed E-state index contributed by atoms with van der Waals surface area (Å²) in [5.41, 5.74) is 12.4. The molecule has 7 aromatic rings. The molecule has 0 saturated carbocycles.